The zero-order valence-corrected chi connectivity index (χ0v) is 48.6. The van der Waals surface area contributed by atoms with Crippen molar-refractivity contribution in [1.29, 1.82) is 5.26 Å². The number of furan rings is 1. The van der Waals surface area contributed by atoms with Crippen LogP contribution in [0.4, 0.5) is 0 Å². The van der Waals surface area contributed by atoms with Crippen LogP contribution >= 0.6 is 0 Å². The Labute approximate surface area is 459 Å². The van der Waals surface area contributed by atoms with Crippen molar-refractivity contribution < 1.29 is 24.5 Å². The Hall–Kier alpha value is -6.68. The molecule has 0 atom stereocenters. The molecule has 0 N–H and O–H groups in total. The molecule has 4 heterocycles. The minimum Gasteiger partial charge on any atom is -0.501 e. The van der Waals surface area contributed by atoms with Crippen LogP contribution in [0.2, 0.25) is 25.2 Å². The normalized spacial score (nSPS) is 13.7. The van der Waals surface area contributed by atoms with Gasteiger partial charge in [0.2, 0.25) is 0 Å². The molecule has 1 aliphatic heterocycles. The molecule has 1 fully saturated rings. The first-order valence-electron chi connectivity index (χ1n) is 26.8. The average Bonchev–Trinajstić information content (AvgIpc) is 4.00. The summed E-state index contributed by atoms with van der Waals surface area (Å²) in [6.45, 7) is 23.6. The van der Waals surface area contributed by atoms with E-state index in [-0.39, 0.29) is 20.1 Å². The van der Waals surface area contributed by atoms with Crippen LogP contribution in [0.1, 0.15) is 131 Å². The number of imidazole rings is 1. The standard InChI is InChI=1S/C36H29N2O.C32H39N2Si.Ir/c1-22(2)31-18-27(25-9-6-5-7-10-25)19-32(23(3)4)35(31)26-15-16-38-33(20-26)30-12-8-11-29-28-14-13-24(21-37)17-34(28)39-36(29)30;1-22(2)27-20-26(24-16-18-35(5,6)19-17-24)21-28(23(3)4)31(27)34-30-15-11-10-14-29(30)33-32(34)25-12-8-7-9-13-25;/h5-11,13-20,22-23H,1-4H3;7-12,14-15,20-24H,16-19H2,1-6H3;/q2*-1;. The molecule has 10 aromatic rings. The van der Waals surface area contributed by atoms with Crippen molar-refractivity contribution in [2.24, 2.45) is 0 Å². The number of nitrogens with zero attached hydrogens (tertiary/aromatic N) is 4. The van der Waals surface area contributed by atoms with Gasteiger partial charge in [-0.1, -0.05) is 170 Å². The monoisotopic (exact) mass is 1180 g/mol. The van der Waals surface area contributed by atoms with Crippen molar-refractivity contribution in [1.82, 2.24) is 14.5 Å². The molecule has 5 nitrogen and oxygen atoms in total. The van der Waals surface area contributed by atoms with Gasteiger partial charge in [0.1, 0.15) is 5.58 Å². The molecule has 0 unspecified atom stereocenters. The maximum atomic E-state index is 9.34. The van der Waals surface area contributed by atoms with E-state index < -0.39 is 8.07 Å². The fourth-order valence-corrected chi connectivity index (χ4v) is 13.7. The second kappa shape index (κ2) is 22.3. The van der Waals surface area contributed by atoms with Crippen molar-refractivity contribution in [3.8, 4) is 56.7 Å². The predicted molar refractivity (Wildman–Crippen MR) is 312 cm³/mol. The SMILES string of the molecule is CC(C)c1cc(-c2ccccc2)cc(C(C)C)c1-c1ccnc(-c2[c-]ccc3c2oc2cc(C#N)ccc23)c1.CC(C)c1cc(C2CC[Si](C)(C)CC2)cc(C(C)C)c1-n1c(-c2[c-]cccc2)nc2ccccc21.[Ir]. The Morgan fingerprint density at radius 2 is 1.29 bits per heavy atom. The molecule has 0 amide bonds. The zero-order chi connectivity index (χ0) is 51.8. The number of nitriles is 1. The number of benzene rings is 7. The topological polar surface area (TPSA) is 67.6 Å². The molecule has 0 bridgehead atoms. The molecular weight excluding hydrogens is 1110 g/mol. The van der Waals surface area contributed by atoms with Crippen molar-refractivity contribution in [2.75, 3.05) is 0 Å². The summed E-state index contributed by atoms with van der Waals surface area (Å²) in [6.07, 6.45) is 4.59. The van der Waals surface area contributed by atoms with Gasteiger partial charge in [-0.2, -0.15) is 5.26 Å². The largest absolute Gasteiger partial charge is 0.501 e. The summed E-state index contributed by atoms with van der Waals surface area (Å²) in [6, 6.07) is 62.9. The van der Waals surface area contributed by atoms with E-state index in [0.717, 1.165) is 50.1 Å². The maximum Gasteiger partial charge on any atom is 0.122 e. The predicted octanol–water partition coefficient (Wildman–Crippen LogP) is 19.2. The summed E-state index contributed by atoms with van der Waals surface area (Å²) in [4.78, 5) is 9.88. The van der Waals surface area contributed by atoms with Gasteiger partial charge in [0, 0.05) is 45.4 Å². The average molecular weight is 1180 g/mol. The third kappa shape index (κ3) is 10.8. The first kappa shape index (κ1) is 53.2. The molecule has 0 aliphatic carbocycles. The molecule has 0 spiro atoms. The Kier molecular flexibility index (Phi) is 15.8. The van der Waals surface area contributed by atoms with E-state index in [1.165, 1.54) is 75.1 Å². The van der Waals surface area contributed by atoms with E-state index in [1.807, 2.05) is 42.6 Å². The van der Waals surface area contributed by atoms with Crippen molar-refractivity contribution in [2.45, 2.75) is 123 Å². The van der Waals surface area contributed by atoms with Crippen molar-refractivity contribution >= 4 is 41.0 Å². The summed E-state index contributed by atoms with van der Waals surface area (Å²) < 4.78 is 8.72. The van der Waals surface area contributed by atoms with Crippen LogP contribution in [0.15, 0.2) is 156 Å². The molecule has 381 valence electrons. The first-order valence-corrected chi connectivity index (χ1v) is 30.2. The van der Waals surface area contributed by atoms with Crippen LogP contribution in [0, 0.1) is 23.5 Å². The number of aromatic nitrogens is 3. The van der Waals surface area contributed by atoms with Gasteiger partial charge < -0.3 is 14.0 Å². The summed E-state index contributed by atoms with van der Waals surface area (Å²) in [5.41, 5.74) is 20.2. The maximum absolute atomic E-state index is 9.34. The third-order valence-electron chi connectivity index (χ3n) is 15.4. The van der Waals surface area contributed by atoms with E-state index in [2.05, 4.69) is 194 Å². The van der Waals surface area contributed by atoms with Gasteiger partial charge in [0.25, 0.3) is 0 Å². The Morgan fingerprint density at radius 3 is 1.93 bits per heavy atom. The van der Waals surface area contributed by atoms with E-state index in [0.29, 0.717) is 40.7 Å². The Morgan fingerprint density at radius 1 is 0.640 bits per heavy atom. The van der Waals surface area contributed by atoms with Gasteiger partial charge >= 0.3 is 0 Å². The number of pyridine rings is 1. The minimum absolute atomic E-state index is 0. The number of para-hydroxylation sites is 2. The third-order valence-corrected chi connectivity index (χ3v) is 18.7. The molecular formula is C68H68IrN4OSi-2. The number of hydrogen-bond donors (Lipinski definition) is 0. The quantitative estimate of drug-likeness (QED) is 0.101. The number of hydrogen-bond acceptors (Lipinski definition) is 4. The second-order valence-corrected chi connectivity index (χ2v) is 27.8. The summed E-state index contributed by atoms with van der Waals surface area (Å²) in [5.74, 6) is 3.21. The molecule has 1 aliphatic rings. The summed E-state index contributed by atoms with van der Waals surface area (Å²) in [5, 5.41) is 11.3. The minimum atomic E-state index is -0.982. The Balaban J connectivity index is 0.000000182. The molecule has 7 aromatic carbocycles. The van der Waals surface area contributed by atoms with Crippen LogP contribution in [0.3, 0.4) is 0 Å². The van der Waals surface area contributed by atoms with Crippen LogP contribution in [-0.2, 0) is 20.1 Å². The smallest absolute Gasteiger partial charge is 0.122 e. The van der Waals surface area contributed by atoms with Crippen LogP contribution in [-0.4, -0.2) is 22.6 Å². The van der Waals surface area contributed by atoms with Gasteiger partial charge in [-0.05, 0) is 129 Å². The van der Waals surface area contributed by atoms with Gasteiger partial charge in [0.15, 0.2) is 0 Å². The molecule has 1 saturated heterocycles. The molecule has 1 radical (unpaired) electrons. The fourth-order valence-electron chi connectivity index (χ4n) is 11.2. The molecule has 3 aromatic heterocycles. The van der Waals surface area contributed by atoms with Gasteiger partial charge in [-0.25, -0.2) is 0 Å². The van der Waals surface area contributed by atoms with Crippen LogP contribution < -0.4 is 0 Å². The van der Waals surface area contributed by atoms with E-state index in [9.17, 15) is 5.26 Å². The van der Waals surface area contributed by atoms with E-state index >= 15 is 0 Å². The fraction of sp³-hybridized carbons (Fsp3) is 0.279. The first-order chi connectivity index (χ1) is 35.7. The number of rotatable bonds is 10. The van der Waals surface area contributed by atoms with E-state index in [4.69, 9.17) is 14.4 Å². The van der Waals surface area contributed by atoms with Gasteiger partial charge in [0.05, 0.1) is 34.1 Å². The zero-order valence-electron chi connectivity index (χ0n) is 45.2. The van der Waals surface area contributed by atoms with Gasteiger partial charge in [-0.15, -0.1) is 54.1 Å². The Bertz CT molecular complexity index is 3620. The molecule has 7 heteroatoms. The molecule has 75 heavy (non-hydrogen) atoms. The summed E-state index contributed by atoms with van der Waals surface area (Å²) >= 11 is 0. The second-order valence-electron chi connectivity index (χ2n) is 22.5. The van der Waals surface area contributed by atoms with Crippen molar-refractivity contribution in [3.05, 3.63) is 197 Å². The molecule has 11 rings (SSSR count). The van der Waals surface area contributed by atoms with Gasteiger partial charge in [-0.3, -0.25) is 4.98 Å². The van der Waals surface area contributed by atoms with Crippen LogP contribution in [0.5, 0.6) is 0 Å². The summed E-state index contributed by atoms with van der Waals surface area (Å²) in [7, 11) is -0.982. The number of fused-ring (bicyclic) bond motifs is 4. The van der Waals surface area contributed by atoms with Crippen LogP contribution in [0.25, 0.3) is 83.6 Å². The van der Waals surface area contributed by atoms with E-state index in [1.54, 1.807) is 11.6 Å². The van der Waals surface area contributed by atoms with Crippen molar-refractivity contribution in [3.63, 3.8) is 0 Å². The molecule has 0 saturated carbocycles.